The minimum atomic E-state index is -5.14. The molecule has 19 heteroatoms. The van der Waals surface area contributed by atoms with E-state index < -0.39 is 76.6 Å². The summed E-state index contributed by atoms with van der Waals surface area (Å²) in [6, 6.07) is 5.05. The van der Waals surface area contributed by atoms with Gasteiger partial charge in [-0.15, -0.1) is 10.2 Å². The number of phenols is 2. The van der Waals surface area contributed by atoms with E-state index in [1.165, 1.54) is 6.07 Å². The molecule has 13 nitrogen and oxygen atoms in total. The molecular formula is C16H14ClN2Na2O11PS2. The average molecular weight is 587 g/mol. The zero-order chi connectivity index (χ0) is 24.9. The van der Waals surface area contributed by atoms with Gasteiger partial charge >= 0.3 is 66.7 Å². The van der Waals surface area contributed by atoms with Gasteiger partial charge in [0.25, 0.3) is 20.2 Å². The summed E-state index contributed by atoms with van der Waals surface area (Å²) in [5.74, 6) is -1.98. The summed E-state index contributed by atoms with van der Waals surface area (Å²) in [5, 5.41) is 26.0. The third-order valence-corrected chi connectivity index (χ3v) is 7.11. The van der Waals surface area contributed by atoms with Gasteiger partial charge in [0.15, 0.2) is 5.75 Å². The van der Waals surface area contributed by atoms with Gasteiger partial charge in [-0.25, -0.2) is 0 Å². The summed E-state index contributed by atoms with van der Waals surface area (Å²) in [6.07, 6.45) is 0. The molecule has 0 unspecified atom stereocenters. The second kappa shape index (κ2) is 11.4. The first kappa shape index (κ1) is 32.4. The Morgan fingerprint density at radius 1 is 0.886 bits per heavy atom. The van der Waals surface area contributed by atoms with Crippen molar-refractivity contribution in [1.29, 1.82) is 0 Å². The van der Waals surface area contributed by atoms with E-state index in [4.69, 9.17) is 11.6 Å². The fourth-order valence-corrected chi connectivity index (χ4v) is 4.97. The minimum Gasteiger partial charge on any atom is -1.00 e. The van der Waals surface area contributed by atoms with Crippen LogP contribution in [0.5, 0.6) is 11.5 Å². The van der Waals surface area contributed by atoms with Crippen LogP contribution < -0.4 is 64.4 Å². The third-order valence-electron chi connectivity index (χ3n) is 4.19. The molecule has 180 valence electrons. The number of nitrogens with zero attached hydrogens (tertiary/aromatic N) is 2. The maximum atomic E-state index is 11.9. The number of benzene rings is 3. The molecule has 0 aliphatic rings. The summed E-state index contributed by atoms with van der Waals surface area (Å²) in [6.45, 7) is 0. The van der Waals surface area contributed by atoms with Crippen LogP contribution in [0.25, 0.3) is 10.8 Å². The molecule has 0 radical (unpaired) electrons. The Morgan fingerprint density at radius 2 is 1.49 bits per heavy atom. The van der Waals surface area contributed by atoms with Crippen molar-refractivity contribution in [2.45, 2.75) is 9.79 Å². The number of azo groups is 1. The smallest absolute Gasteiger partial charge is 1.00 e. The Kier molecular flexibility index (Phi) is 10.6. The number of aromatic hydroxyl groups is 2. The average Bonchev–Trinajstić information content (AvgIpc) is 2.65. The van der Waals surface area contributed by atoms with Crippen LogP contribution in [-0.2, 0) is 24.8 Å². The molecule has 6 N–H and O–H groups in total. The van der Waals surface area contributed by atoms with Gasteiger partial charge in [-0.3, -0.25) is 13.7 Å². The van der Waals surface area contributed by atoms with E-state index in [9.17, 15) is 50.5 Å². The molecule has 0 atom stereocenters. The first-order chi connectivity index (χ1) is 15.0. The van der Waals surface area contributed by atoms with Crippen molar-refractivity contribution in [2.75, 3.05) is 0 Å². The van der Waals surface area contributed by atoms with Crippen molar-refractivity contribution < 1.29 is 112 Å². The van der Waals surface area contributed by atoms with Gasteiger partial charge in [0.2, 0.25) is 0 Å². The fraction of sp³-hybridized carbons (Fsp3) is 0. The molecule has 0 saturated carbocycles. The van der Waals surface area contributed by atoms with Crippen LogP contribution in [0.15, 0.2) is 56.4 Å². The molecule has 3 rings (SSSR count). The molecular weight excluding hydrogens is 573 g/mol. The molecule has 0 bridgehead atoms. The van der Waals surface area contributed by atoms with Crippen molar-refractivity contribution in [3.05, 3.63) is 41.4 Å². The maximum absolute atomic E-state index is 11.9. The van der Waals surface area contributed by atoms with Crippen LogP contribution in [0, 0.1) is 0 Å². The first-order valence-corrected chi connectivity index (χ1v) is 13.1. The van der Waals surface area contributed by atoms with Crippen LogP contribution in [0.1, 0.15) is 2.85 Å². The number of hydrogen-bond donors (Lipinski definition) is 6. The Bertz CT molecular complexity index is 1620. The monoisotopic (exact) mass is 586 g/mol. The predicted molar refractivity (Wildman–Crippen MR) is 116 cm³/mol. The Hall–Kier alpha value is -0.620. The van der Waals surface area contributed by atoms with Gasteiger partial charge in [-0.2, -0.15) is 16.8 Å². The summed E-state index contributed by atoms with van der Waals surface area (Å²) < 4.78 is 76.9. The number of fused-ring (bicyclic) bond motifs is 1. The van der Waals surface area contributed by atoms with Crippen molar-refractivity contribution in [1.82, 2.24) is 0 Å². The van der Waals surface area contributed by atoms with Gasteiger partial charge in [-0.1, -0.05) is 11.6 Å². The van der Waals surface area contributed by atoms with E-state index in [2.05, 4.69) is 10.2 Å². The standard InChI is InChI=1S/C16H12ClN2O11PS2.2Na.2H/c17-8-1-2-10(12(5-8)31(22,23)24)18-19-15-13(33(28,29)30)4-7-3-9(32(25,26)27)6-11(20)14(7)16(15)21;;;;/h1-6,20-21H,(H2,22,23,24)(H,25,26,27)(H,28,29,30);;;;/q;2*+1;2*-1. The predicted octanol–water partition coefficient (Wildman–Crippen LogP) is -3.15. The van der Waals surface area contributed by atoms with E-state index in [1.807, 2.05) is 0 Å². The van der Waals surface area contributed by atoms with Gasteiger partial charge in [-0.05, 0) is 35.7 Å². The summed E-state index contributed by atoms with van der Waals surface area (Å²) >= 11 is 5.72. The molecule has 3 aromatic carbocycles. The van der Waals surface area contributed by atoms with Crippen LogP contribution in [0.4, 0.5) is 11.4 Å². The second-order valence-corrected chi connectivity index (χ2v) is 11.3. The molecule has 0 amide bonds. The molecule has 0 spiro atoms. The number of hydrogen-bond acceptors (Lipinski definition) is 9. The molecule has 3 aromatic rings. The van der Waals surface area contributed by atoms with E-state index in [0.717, 1.165) is 12.1 Å². The normalized spacial score (nSPS) is 12.4. The molecule has 0 aliphatic carbocycles. The van der Waals surface area contributed by atoms with Gasteiger partial charge in [0, 0.05) is 11.1 Å². The van der Waals surface area contributed by atoms with Crippen molar-refractivity contribution in [3.63, 3.8) is 0 Å². The molecule has 0 fully saturated rings. The summed E-state index contributed by atoms with van der Waals surface area (Å²) in [5.41, 5.74) is -1.40. The summed E-state index contributed by atoms with van der Waals surface area (Å²) in [7, 11) is -14.9. The van der Waals surface area contributed by atoms with Gasteiger partial charge in [0.1, 0.15) is 22.0 Å². The van der Waals surface area contributed by atoms with Crippen LogP contribution in [0.3, 0.4) is 0 Å². The third kappa shape index (κ3) is 7.24. The van der Waals surface area contributed by atoms with Crippen molar-refractivity contribution >= 4 is 66.9 Å². The maximum Gasteiger partial charge on any atom is 1.00 e. The van der Waals surface area contributed by atoms with Crippen LogP contribution in [0.2, 0.25) is 5.02 Å². The molecule has 0 aliphatic heterocycles. The zero-order valence-corrected chi connectivity index (χ0v) is 25.0. The van der Waals surface area contributed by atoms with Crippen LogP contribution >= 0.6 is 19.2 Å². The molecule has 0 heterocycles. The molecule has 35 heavy (non-hydrogen) atoms. The Balaban J connectivity index is 0. The van der Waals surface area contributed by atoms with E-state index in [0.29, 0.717) is 18.2 Å². The van der Waals surface area contributed by atoms with E-state index in [-0.39, 0.29) is 67.0 Å². The minimum absolute atomic E-state index is 0. The fourth-order valence-electron chi connectivity index (χ4n) is 2.80. The van der Waals surface area contributed by atoms with Crippen molar-refractivity contribution in [2.24, 2.45) is 10.2 Å². The number of halogens is 1. The van der Waals surface area contributed by atoms with Crippen LogP contribution in [-0.4, -0.2) is 45.9 Å². The van der Waals surface area contributed by atoms with E-state index in [1.54, 1.807) is 0 Å². The topological polar surface area (TPSA) is 231 Å². The summed E-state index contributed by atoms with van der Waals surface area (Å²) in [4.78, 5) is 17.0. The SMILES string of the molecule is O=P(O)(O)c1cc(Cl)ccc1N=Nc1c(S(=O)(=O)O)cc2cc(S(=O)(=O)O)cc(O)c2c1O.[H-].[H-].[Na+].[Na+]. The second-order valence-electron chi connectivity index (χ2n) is 6.44. The van der Waals surface area contributed by atoms with Gasteiger partial charge < -0.3 is 22.9 Å². The largest absolute Gasteiger partial charge is 1.00 e. The van der Waals surface area contributed by atoms with E-state index >= 15 is 0 Å². The number of phenolic OH excluding ortho intramolecular Hbond substituents is 2. The number of rotatable bonds is 5. The molecule has 0 aromatic heterocycles. The molecule has 0 saturated heterocycles. The Morgan fingerprint density at radius 3 is 2.00 bits per heavy atom. The quantitative estimate of drug-likeness (QED) is 0.0756. The zero-order valence-electron chi connectivity index (χ0n) is 19.7. The van der Waals surface area contributed by atoms with Crippen molar-refractivity contribution in [3.8, 4) is 11.5 Å². The Labute approximate surface area is 250 Å². The first-order valence-electron chi connectivity index (χ1n) is 8.25. The van der Waals surface area contributed by atoms with Gasteiger partial charge in [0.05, 0.1) is 15.6 Å².